The van der Waals surface area contributed by atoms with Crippen molar-refractivity contribution < 1.29 is 4.74 Å². The third-order valence-corrected chi connectivity index (χ3v) is 1.44. The van der Waals surface area contributed by atoms with E-state index in [9.17, 15) is 0 Å². The van der Waals surface area contributed by atoms with Gasteiger partial charge in [0.25, 0.3) is 0 Å². The lowest BCUT2D eigenvalue weighted by Crippen LogP contribution is -1.91. The van der Waals surface area contributed by atoms with Gasteiger partial charge in [0.15, 0.2) is 6.19 Å². The van der Waals surface area contributed by atoms with Crippen LogP contribution in [0.3, 0.4) is 0 Å². The zero-order valence-electron chi connectivity index (χ0n) is 6.87. The molecule has 12 heavy (non-hydrogen) atoms. The van der Waals surface area contributed by atoms with E-state index in [1.54, 1.807) is 7.11 Å². The van der Waals surface area contributed by atoms with Gasteiger partial charge in [-0.25, -0.2) is 0 Å². The van der Waals surface area contributed by atoms with Gasteiger partial charge in [-0.05, 0) is 17.7 Å². The van der Waals surface area contributed by atoms with Crippen LogP contribution in [-0.4, -0.2) is 7.11 Å². The number of nitrogens with zero attached hydrogens (tertiary/aromatic N) is 1. The van der Waals surface area contributed by atoms with Crippen molar-refractivity contribution in [1.82, 2.24) is 0 Å². The number of benzene rings is 1. The Kier molecular flexibility index (Phi) is 3.12. The lowest BCUT2D eigenvalue weighted by atomic mass is 10.2. The maximum atomic E-state index is 8.35. The van der Waals surface area contributed by atoms with Crippen LogP contribution in [0, 0.1) is 11.5 Å². The molecule has 1 rings (SSSR count). The fraction of sp³-hybridized carbons (Fsp3) is 0.222. The molecular weight excluding hydrogens is 152 g/mol. The molecule has 0 fully saturated rings. The molecule has 0 unspecified atom stereocenters. The van der Waals surface area contributed by atoms with E-state index in [0.29, 0.717) is 6.61 Å². The van der Waals surface area contributed by atoms with Crippen molar-refractivity contribution in [2.75, 3.05) is 12.4 Å². The van der Waals surface area contributed by atoms with Crippen molar-refractivity contribution in [3.05, 3.63) is 29.8 Å². The van der Waals surface area contributed by atoms with Crippen LogP contribution in [0.1, 0.15) is 5.56 Å². The van der Waals surface area contributed by atoms with Gasteiger partial charge in [-0.2, -0.15) is 5.26 Å². The Labute approximate surface area is 71.6 Å². The Morgan fingerprint density at radius 2 is 2.42 bits per heavy atom. The second kappa shape index (κ2) is 4.37. The first-order valence-corrected chi connectivity index (χ1v) is 3.60. The summed E-state index contributed by atoms with van der Waals surface area (Å²) in [7, 11) is 1.64. The van der Waals surface area contributed by atoms with Gasteiger partial charge >= 0.3 is 0 Å². The Morgan fingerprint density at radius 3 is 3.08 bits per heavy atom. The topological polar surface area (TPSA) is 45.0 Å². The standard InChI is InChI=1S/C9H10N2O/c1-12-6-8-3-2-4-9(5-8)11-7-10/h2-5,11H,6H2,1H3. The highest BCUT2D eigenvalue weighted by Gasteiger charge is 1.93. The van der Waals surface area contributed by atoms with E-state index in [4.69, 9.17) is 10.00 Å². The van der Waals surface area contributed by atoms with Gasteiger partial charge in [-0.1, -0.05) is 12.1 Å². The van der Waals surface area contributed by atoms with E-state index in [1.807, 2.05) is 30.5 Å². The molecule has 62 valence electrons. The van der Waals surface area contributed by atoms with E-state index >= 15 is 0 Å². The largest absolute Gasteiger partial charge is 0.380 e. The van der Waals surface area contributed by atoms with Crippen LogP contribution in [0.4, 0.5) is 5.69 Å². The summed E-state index contributed by atoms with van der Waals surface area (Å²) >= 11 is 0. The van der Waals surface area contributed by atoms with Crippen LogP contribution in [0.5, 0.6) is 0 Å². The lowest BCUT2D eigenvalue weighted by molar-refractivity contribution is 0.185. The molecule has 0 heterocycles. The smallest absolute Gasteiger partial charge is 0.181 e. The minimum atomic E-state index is 0.570. The quantitative estimate of drug-likeness (QED) is 0.543. The van der Waals surface area contributed by atoms with Crippen LogP contribution in [0.25, 0.3) is 0 Å². The molecular formula is C9H10N2O. The van der Waals surface area contributed by atoms with Crippen LogP contribution in [-0.2, 0) is 11.3 Å². The number of nitriles is 1. The molecule has 0 aliphatic rings. The van der Waals surface area contributed by atoms with Gasteiger partial charge in [0.2, 0.25) is 0 Å². The first-order valence-electron chi connectivity index (χ1n) is 3.60. The number of anilines is 1. The average Bonchev–Trinajstić information content (AvgIpc) is 2.06. The fourth-order valence-corrected chi connectivity index (χ4v) is 0.970. The SMILES string of the molecule is COCc1cccc(NC#N)c1. The summed E-state index contributed by atoms with van der Waals surface area (Å²) in [5.41, 5.74) is 1.85. The van der Waals surface area contributed by atoms with Gasteiger partial charge in [0.05, 0.1) is 6.61 Å². The predicted molar refractivity (Wildman–Crippen MR) is 46.4 cm³/mol. The van der Waals surface area contributed by atoms with Crippen molar-refractivity contribution in [2.45, 2.75) is 6.61 Å². The highest BCUT2D eigenvalue weighted by atomic mass is 16.5. The van der Waals surface area contributed by atoms with Crippen molar-refractivity contribution in [2.24, 2.45) is 0 Å². The molecule has 0 aliphatic heterocycles. The predicted octanol–water partition coefficient (Wildman–Crippen LogP) is 1.73. The van der Waals surface area contributed by atoms with Crippen molar-refractivity contribution >= 4 is 5.69 Å². The molecule has 0 aromatic heterocycles. The summed E-state index contributed by atoms with van der Waals surface area (Å²) in [4.78, 5) is 0. The van der Waals surface area contributed by atoms with Crippen molar-refractivity contribution in [3.63, 3.8) is 0 Å². The molecule has 0 spiro atoms. The Bertz CT molecular complexity index is 291. The highest BCUT2D eigenvalue weighted by Crippen LogP contribution is 2.10. The summed E-state index contributed by atoms with van der Waals surface area (Å²) in [6.07, 6.45) is 1.86. The van der Waals surface area contributed by atoms with Crippen LogP contribution in [0.15, 0.2) is 24.3 Å². The Hall–Kier alpha value is -1.53. The number of rotatable bonds is 3. The molecule has 0 radical (unpaired) electrons. The van der Waals surface area contributed by atoms with E-state index in [-0.39, 0.29) is 0 Å². The molecule has 0 atom stereocenters. The van der Waals surface area contributed by atoms with Gasteiger partial charge in [0, 0.05) is 12.8 Å². The lowest BCUT2D eigenvalue weighted by Gasteiger charge is -2.01. The summed E-state index contributed by atoms with van der Waals surface area (Å²) in [5.74, 6) is 0. The van der Waals surface area contributed by atoms with Gasteiger partial charge < -0.3 is 4.74 Å². The maximum absolute atomic E-state index is 8.35. The number of nitrogens with one attached hydrogen (secondary N) is 1. The fourth-order valence-electron chi connectivity index (χ4n) is 0.970. The number of ether oxygens (including phenoxy) is 1. The van der Waals surface area contributed by atoms with Gasteiger partial charge in [-0.3, -0.25) is 5.32 Å². The van der Waals surface area contributed by atoms with E-state index in [1.165, 1.54) is 0 Å². The second-order valence-corrected chi connectivity index (χ2v) is 2.37. The highest BCUT2D eigenvalue weighted by molar-refractivity contribution is 5.48. The van der Waals surface area contributed by atoms with E-state index in [0.717, 1.165) is 11.3 Å². The minimum Gasteiger partial charge on any atom is -0.380 e. The first-order chi connectivity index (χ1) is 5.86. The normalized spacial score (nSPS) is 9.00. The molecule has 3 nitrogen and oxygen atoms in total. The minimum absolute atomic E-state index is 0.570. The third-order valence-electron chi connectivity index (χ3n) is 1.44. The zero-order chi connectivity index (χ0) is 8.81. The summed E-state index contributed by atoms with van der Waals surface area (Å²) < 4.78 is 4.95. The van der Waals surface area contributed by atoms with E-state index in [2.05, 4.69) is 5.32 Å². The van der Waals surface area contributed by atoms with Gasteiger partial charge in [-0.15, -0.1) is 0 Å². The maximum Gasteiger partial charge on any atom is 0.181 e. The molecule has 0 bridgehead atoms. The molecule has 0 saturated heterocycles. The first kappa shape index (κ1) is 8.57. The van der Waals surface area contributed by atoms with Crippen molar-refractivity contribution in [1.29, 1.82) is 5.26 Å². The third kappa shape index (κ3) is 2.26. The van der Waals surface area contributed by atoms with Gasteiger partial charge in [0.1, 0.15) is 0 Å². The Balaban J connectivity index is 2.75. The molecule has 0 aliphatic carbocycles. The van der Waals surface area contributed by atoms with Crippen LogP contribution < -0.4 is 5.32 Å². The number of hydrogen-bond donors (Lipinski definition) is 1. The average molecular weight is 162 g/mol. The van der Waals surface area contributed by atoms with Crippen molar-refractivity contribution in [3.8, 4) is 6.19 Å². The van der Waals surface area contributed by atoms with Crippen LogP contribution >= 0.6 is 0 Å². The molecule has 1 aromatic carbocycles. The summed E-state index contributed by atoms with van der Waals surface area (Å²) in [6.45, 7) is 0.570. The Morgan fingerprint density at radius 1 is 1.58 bits per heavy atom. The summed E-state index contributed by atoms with van der Waals surface area (Å²) in [5, 5.41) is 10.9. The van der Waals surface area contributed by atoms with Crippen LogP contribution in [0.2, 0.25) is 0 Å². The molecule has 0 saturated carbocycles. The zero-order valence-corrected chi connectivity index (χ0v) is 6.87. The number of hydrogen-bond acceptors (Lipinski definition) is 3. The second-order valence-electron chi connectivity index (χ2n) is 2.37. The summed E-state index contributed by atoms with van der Waals surface area (Å²) in [6, 6.07) is 7.55. The molecule has 1 aromatic rings. The monoisotopic (exact) mass is 162 g/mol. The van der Waals surface area contributed by atoms with E-state index < -0.39 is 0 Å². The molecule has 1 N–H and O–H groups in total. The molecule has 3 heteroatoms. The number of methoxy groups -OCH3 is 1. The molecule has 0 amide bonds.